The summed E-state index contributed by atoms with van der Waals surface area (Å²) in [6.45, 7) is -0.213. The Labute approximate surface area is 182 Å². The molecule has 10 heteroatoms. The van der Waals surface area contributed by atoms with Gasteiger partial charge in [-0.2, -0.15) is 5.10 Å². The first kappa shape index (κ1) is 21.7. The van der Waals surface area contributed by atoms with Gasteiger partial charge in [0.1, 0.15) is 5.65 Å². The molecule has 0 aliphatic rings. The molecule has 0 aliphatic heterocycles. The molecular weight excluding hydrogens is 422 g/mol. The van der Waals surface area contributed by atoms with Crippen LogP contribution in [0.2, 0.25) is 0 Å². The SMILES string of the molecule is COc1cc(OC)c(F)c(Cc2c[nH]c3ncc(-c4cnn(CC(O)CO)c4)cc23)c1F. The Morgan fingerprint density at radius 3 is 2.47 bits per heavy atom. The quantitative estimate of drug-likeness (QED) is 0.386. The summed E-state index contributed by atoms with van der Waals surface area (Å²) in [6.07, 6.45) is 5.70. The zero-order valence-electron chi connectivity index (χ0n) is 17.5. The van der Waals surface area contributed by atoms with Crippen molar-refractivity contribution in [2.75, 3.05) is 20.8 Å². The molecule has 1 unspecified atom stereocenters. The standard InChI is InChI=1S/C22H22F2N4O4/c1-31-18-5-19(32-2)21(24)17(20(18)23)4-13-7-26-22-16(13)3-12(6-25-22)14-8-27-28(9-14)10-15(30)11-29/h3,5-9,15,29-30H,4,10-11H2,1-2H3,(H,25,26). The van der Waals surface area contributed by atoms with Crippen LogP contribution in [0.15, 0.2) is 36.9 Å². The molecule has 0 amide bonds. The van der Waals surface area contributed by atoms with Gasteiger partial charge in [-0.05, 0) is 11.6 Å². The highest BCUT2D eigenvalue weighted by molar-refractivity contribution is 5.84. The smallest absolute Gasteiger partial charge is 0.171 e. The lowest BCUT2D eigenvalue weighted by molar-refractivity contribution is 0.0783. The molecule has 3 aromatic heterocycles. The molecule has 3 N–H and O–H groups in total. The first-order valence-electron chi connectivity index (χ1n) is 9.81. The summed E-state index contributed by atoms with van der Waals surface area (Å²) >= 11 is 0. The number of aromatic nitrogens is 4. The third kappa shape index (κ3) is 4.02. The van der Waals surface area contributed by atoms with E-state index in [1.807, 2.05) is 6.07 Å². The number of benzene rings is 1. The highest BCUT2D eigenvalue weighted by atomic mass is 19.1. The van der Waals surface area contributed by atoms with Gasteiger partial charge < -0.3 is 24.7 Å². The monoisotopic (exact) mass is 444 g/mol. The van der Waals surface area contributed by atoms with E-state index in [9.17, 15) is 13.9 Å². The number of hydrogen-bond donors (Lipinski definition) is 3. The van der Waals surface area contributed by atoms with Crippen molar-refractivity contribution in [3.05, 3.63) is 59.7 Å². The Hall–Kier alpha value is -3.50. The van der Waals surface area contributed by atoms with Crippen molar-refractivity contribution in [1.82, 2.24) is 19.7 Å². The number of aliphatic hydroxyl groups is 2. The highest BCUT2D eigenvalue weighted by Crippen LogP contribution is 2.34. The third-order valence-corrected chi connectivity index (χ3v) is 5.22. The van der Waals surface area contributed by atoms with Gasteiger partial charge in [-0.15, -0.1) is 0 Å². The summed E-state index contributed by atoms with van der Waals surface area (Å²) in [5, 5.41) is 23.5. The van der Waals surface area contributed by atoms with E-state index in [-0.39, 0.29) is 36.6 Å². The minimum Gasteiger partial charge on any atom is -0.494 e. The van der Waals surface area contributed by atoms with Crippen molar-refractivity contribution in [1.29, 1.82) is 0 Å². The molecule has 0 saturated heterocycles. The average molecular weight is 444 g/mol. The molecule has 4 aromatic rings. The van der Waals surface area contributed by atoms with Crippen LogP contribution in [0.25, 0.3) is 22.2 Å². The van der Waals surface area contributed by atoms with Crippen molar-refractivity contribution in [2.24, 2.45) is 0 Å². The number of nitrogens with one attached hydrogen (secondary N) is 1. The average Bonchev–Trinajstić information content (AvgIpc) is 3.43. The molecule has 3 heterocycles. The molecular formula is C22H22F2N4O4. The fourth-order valence-electron chi connectivity index (χ4n) is 3.53. The summed E-state index contributed by atoms with van der Waals surface area (Å²) in [5.41, 5.74) is 2.54. The Morgan fingerprint density at radius 2 is 1.81 bits per heavy atom. The van der Waals surface area contributed by atoms with E-state index in [1.165, 1.54) is 25.0 Å². The van der Waals surface area contributed by atoms with Gasteiger partial charge >= 0.3 is 0 Å². The van der Waals surface area contributed by atoms with Crippen molar-refractivity contribution >= 4 is 11.0 Å². The van der Waals surface area contributed by atoms with Gasteiger partial charge in [0, 0.05) is 53.2 Å². The van der Waals surface area contributed by atoms with Gasteiger partial charge in [0.15, 0.2) is 23.1 Å². The molecule has 0 bridgehead atoms. The van der Waals surface area contributed by atoms with E-state index in [0.29, 0.717) is 16.6 Å². The van der Waals surface area contributed by atoms with Gasteiger partial charge in [-0.3, -0.25) is 4.68 Å². The number of halogens is 2. The van der Waals surface area contributed by atoms with Gasteiger partial charge in [0.25, 0.3) is 0 Å². The normalized spacial score (nSPS) is 12.3. The minimum absolute atomic E-state index is 0.0433. The second-order valence-corrected chi connectivity index (χ2v) is 7.29. The van der Waals surface area contributed by atoms with Crippen LogP contribution in [-0.4, -0.2) is 56.9 Å². The minimum atomic E-state index is -0.913. The van der Waals surface area contributed by atoms with Gasteiger partial charge in [0.05, 0.1) is 39.7 Å². The fourth-order valence-corrected chi connectivity index (χ4v) is 3.53. The number of aliphatic hydroxyl groups excluding tert-OH is 2. The second kappa shape index (κ2) is 8.93. The van der Waals surface area contributed by atoms with E-state index in [2.05, 4.69) is 15.1 Å². The van der Waals surface area contributed by atoms with Gasteiger partial charge in [0.2, 0.25) is 0 Å². The number of nitrogens with zero attached hydrogens (tertiary/aromatic N) is 3. The van der Waals surface area contributed by atoms with Crippen LogP contribution in [0, 0.1) is 11.6 Å². The third-order valence-electron chi connectivity index (χ3n) is 5.22. The lowest BCUT2D eigenvalue weighted by atomic mass is 10.0. The van der Waals surface area contributed by atoms with Crippen LogP contribution < -0.4 is 9.47 Å². The first-order chi connectivity index (χ1) is 15.4. The molecule has 32 heavy (non-hydrogen) atoms. The predicted octanol–water partition coefficient (Wildman–Crippen LogP) is 2.67. The summed E-state index contributed by atoms with van der Waals surface area (Å²) in [4.78, 5) is 7.42. The maximum Gasteiger partial charge on any atom is 0.171 e. The maximum atomic E-state index is 14.8. The molecule has 1 aromatic carbocycles. The first-order valence-corrected chi connectivity index (χ1v) is 9.81. The van der Waals surface area contributed by atoms with E-state index in [0.717, 1.165) is 11.1 Å². The van der Waals surface area contributed by atoms with Gasteiger partial charge in [-0.25, -0.2) is 13.8 Å². The zero-order chi connectivity index (χ0) is 22.8. The summed E-state index contributed by atoms with van der Waals surface area (Å²) < 4.78 is 41.2. The van der Waals surface area contributed by atoms with Crippen LogP contribution in [0.5, 0.6) is 11.5 Å². The van der Waals surface area contributed by atoms with E-state index in [4.69, 9.17) is 14.6 Å². The molecule has 0 saturated carbocycles. The number of aromatic amines is 1. The number of rotatable bonds is 8. The number of hydrogen-bond acceptors (Lipinski definition) is 6. The fraction of sp³-hybridized carbons (Fsp3) is 0.273. The molecule has 4 rings (SSSR count). The summed E-state index contributed by atoms with van der Waals surface area (Å²) in [5.74, 6) is -1.77. The summed E-state index contributed by atoms with van der Waals surface area (Å²) in [6, 6.07) is 3.03. The van der Waals surface area contributed by atoms with E-state index in [1.54, 1.807) is 24.8 Å². The molecule has 1 atom stereocenters. The van der Waals surface area contributed by atoms with Crippen molar-refractivity contribution in [2.45, 2.75) is 19.1 Å². The molecule has 0 radical (unpaired) electrons. The Morgan fingerprint density at radius 1 is 1.09 bits per heavy atom. The predicted molar refractivity (Wildman–Crippen MR) is 113 cm³/mol. The molecule has 0 fully saturated rings. The Balaban J connectivity index is 1.71. The van der Waals surface area contributed by atoms with Crippen LogP contribution in [0.4, 0.5) is 8.78 Å². The number of pyridine rings is 1. The van der Waals surface area contributed by atoms with Crippen LogP contribution in [-0.2, 0) is 13.0 Å². The van der Waals surface area contributed by atoms with Crippen molar-refractivity contribution in [3.8, 4) is 22.6 Å². The van der Waals surface area contributed by atoms with Crippen molar-refractivity contribution < 1.29 is 28.5 Å². The maximum absolute atomic E-state index is 14.8. The van der Waals surface area contributed by atoms with E-state index >= 15 is 0 Å². The lowest BCUT2D eigenvalue weighted by Gasteiger charge is -2.12. The lowest BCUT2D eigenvalue weighted by Crippen LogP contribution is -2.19. The number of ether oxygens (including phenoxy) is 2. The molecule has 0 aliphatic carbocycles. The second-order valence-electron chi connectivity index (χ2n) is 7.29. The van der Waals surface area contributed by atoms with E-state index < -0.39 is 17.7 Å². The Bertz CT molecular complexity index is 1230. The molecule has 168 valence electrons. The van der Waals surface area contributed by atoms with Gasteiger partial charge in [-0.1, -0.05) is 0 Å². The largest absolute Gasteiger partial charge is 0.494 e. The summed E-state index contributed by atoms with van der Waals surface area (Å²) in [7, 11) is 2.61. The number of fused-ring (bicyclic) bond motifs is 1. The number of H-pyrrole nitrogens is 1. The molecule has 8 nitrogen and oxygen atoms in total. The Kier molecular flexibility index (Phi) is 6.06. The number of methoxy groups -OCH3 is 2. The van der Waals surface area contributed by atoms with Crippen LogP contribution >= 0.6 is 0 Å². The topological polar surface area (TPSA) is 105 Å². The van der Waals surface area contributed by atoms with Crippen molar-refractivity contribution in [3.63, 3.8) is 0 Å². The highest BCUT2D eigenvalue weighted by Gasteiger charge is 2.21. The van der Waals surface area contributed by atoms with Crippen LogP contribution in [0.3, 0.4) is 0 Å². The van der Waals surface area contributed by atoms with Crippen LogP contribution in [0.1, 0.15) is 11.1 Å². The zero-order valence-corrected chi connectivity index (χ0v) is 17.5. The molecule has 0 spiro atoms.